The summed E-state index contributed by atoms with van der Waals surface area (Å²) in [5.74, 6) is 1.65. The fourth-order valence-electron chi connectivity index (χ4n) is 6.09. The van der Waals surface area contributed by atoms with Gasteiger partial charge < -0.3 is 24.3 Å². The zero-order chi connectivity index (χ0) is 29.5. The SMILES string of the molecule is CCC(=C(c1ccc(OC)cc1)c1ccc(OC)cc1)c1cn(CC(O)CN2CCN(CCO)CC2)c2ccccc12. The average molecular weight is 570 g/mol. The third-order valence-electron chi connectivity index (χ3n) is 8.28. The Bertz CT molecular complexity index is 1420. The lowest BCUT2D eigenvalue weighted by atomic mass is 9.88. The third-order valence-corrected chi connectivity index (χ3v) is 8.28. The molecule has 0 aliphatic carbocycles. The van der Waals surface area contributed by atoms with Crippen molar-refractivity contribution in [3.8, 4) is 11.5 Å². The van der Waals surface area contributed by atoms with Crippen molar-refractivity contribution in [2.75, 3.05) is 60.1 Å². The van der Waals surface area contributed by atoms with Crippen molar-refractivity contribution in [2.24, 2.45) is 0 Å². The van der Waals surface area contributed by atoms with Crippen LogP contribution < -0.4 is 9.47 Å². The van der Waals surface area contributed by atoms with E-state index in [4.69, 9.17) is 9.47 Å². The highest BCUT2D eigenvalue weighted by molar-refractivity contribution is 6.05. The summed E-state index contributed by atoms with van der Waals surface area (Å²) in [4.78, 5) is 4.60. The van der Waals surface area contributed by atoms with Gasteiger partial charge in [0.05, 0.1) is 26.9 Å². The molecule has 3 aromatic carbocycles. The molecule has 2 heterocycles. The molecule has 1 unspecified atom stereocenters. The van der Waals surface area contributed by atoms with Gasteiger partial charge >= 0.3 is 0 Å². The molecule has 1 saturated heterocycles. The summed E-state index contributed by atoms with van der Waals surface area (Å²) in [6.45, 7) is 7.94. The van der Waals surface area contributed by atoms with Crippen LogP contribution in [0.5, 0.6) is 11.5 Å². The van der Waals surface area contributed by atoms with Gasteiger partial charge in [-0.25, -0.2) is 0 Å². The molecule has 1 aromatic heterocycles. The van der Waals surface area contributed by atoms with Crippen LogP contribution in [0.25, 0.3) is 22.0 Å². The number of aromatic nitrogens is 1. The minimum atomic E-state index is -0.491. The molecule has 7 heteroatoms. The number of rotatable bonds is 12. The van der Waals surface area contributed by atoms with Crippen molar-refractivity contribution >= 4 is 22.0 Å². The Hall–Kier alpha value is -3.62. The molecule has 7 nitrogen and oxygen atoms in total. The molecule has 222 valence electrons. The highest BCUT2D eigenvalue weighted by Gasteiger charge is 2.22. The van der Waals surface area contributed by atoms with E-state index in [2.05, 4.69) is 76.0 Å². The first kappa shape index (κ1) is 29.9. The van der Waals surface area contributed by atoms with E-state index in [1.54, 1.807) is 14.2 Å². The molecule has 2 N–H and O–H groups in total. The number of para-hydroxylation sites is 1. The van der Waals surface area contributed by atoms with Crippen LogP contribution in [0, 0.1) is 0 Å². The van der Waals surface area contributed by atoms with Crippen molar-refractivity contribution in [1.29, 1.82) is 0 Å². The number of hydrogen-bond donors (Lipinski definition) is 2. The van der Waals surface area contributed by atoms with Crippen LogP contribution in [-0.4, -0.2) is 90.8 Å². The first-order chi connectivity index (χ1) is 20.5. The average Bonchev–Trinajstić information content (AvgIpc) is 3.38. The van der Waals surface area contributed by atoms with Gasteiger partial charge in [-0.2, -0.15) is 0 Å². The first-order valence-electron chi connectivity index (χ1n) is 14.9. The number of aliphatic hydroxyl groups is 2. The number of fused-ring (bicyclic) bond motifs is 1. The first-order valence-corrected chi connectivity index (χ1v) is 14.9. The van der Waals surface area contributed by atoms with Crippen molar-refractivity contribution < 1.29 is 19.7 Å². The van der Waals surface area contributed by atoms with Gasteiger partial charge in [0.1, 0.15) is 11.5 Å². The number of allylic oxidation sites excluding steroid dienone is 1. The van der Waals surface area contributed by atoms with Crippen LogP contribution in [0.2, 0.25) is 0 Å². The number of methoxy groups -OCH3 is 2. The minimum absolute atomic E-state index is 0.193. The van der Waals surface area contributed by atoms with E-state index in [9.17, 15) is 10.2 Å². The lowest BCUT2D eigenvalue weighted by Crippen LogP contribution is -2.49. The molecule has 0 amide bonds. The zero-order valence-corrected chi connectivity index (χ0v) is 25.0. The Balaban J connectivity index is 1.51. The van der Waals surface area contributed by atoms with E-state index in [0.717, 1.165) is 67.3 Å². The highest BCUT2D eigenvalue weighted by atomic mass is 16.5. The van der Waals surface area contributed by atoms with Gasteiger partial charge in [0.15, 0.2) is 0 Å². The molecular formula is C35H43N3O4. The summed E-state index contributed by atoms with van der Waals surface area (Å²) >= 11 is 0. The van der Waals surface area contributed by atoms with Crippen LogP contribution >= 0.6 is 0 Å². The molecule has 1 aliphatic rings. The summed E-state index contributed by atoms with van der Waals surface area (Å²) in [7, 11) is 3.38. The van der Waals surface area contributed by atoms with Crippen LogP contribution in [0.1, 0.15) is 30.0 Å². The van der Waals surface area contributed by atoms with E-state index in [-0.39, 0.29) is 6.61 Å². The summed E-state index contributed by atoms with van der Waals surface area (Å²) in [6.07, 6.45) is 2.57. The Labute approximate surface area is 249 Å². The topological polar surface area (TPSA) is 70.3 Å². The number of ether oxygens (including phenoxy) is 2. The summed E-state index contributed by atoms with van der Waals surface area (Å²) < 4.78 is 13.1. The van der Waals surface area contributed by atoms with E-state index in [1.807, 2.05) is 24.3 Å². The Morgan fingerprint density at radius 1 is 0.786 bits per heavy atom. The van der Waals surface area contributed by atoms with Crippen molar-refractivity contribution in [1.82, 2.24) is 14.4 Å². The molecule has 42 heavy (non-hydrogen) atoms. The van der Waals surface area contributed by atoms with Crippen LogP contribution in [-0.2, 0) is 6.54 Å². The van der Waals surface area contributed by atoms with Gasteiger partial charge in [0.25, 0.3) is 0 Å². The molecule has 1 aliphatic heterocycles. The largest absolute Gasteiger partial charge is 0.497 e. The summed E-state index contributed by atoms with van der Waals surface area (Å²) in [6, 6.07) is 25.0. The normalized spacial score (nSPS) is 15.1. The maximum Gasteiger partial charge on any atom is 0.118 e. The highest BCUT2D eigenvalue weighted by Crippen LogP contribution is 2.39. The number of benzene rings is 3. The maximum absolute atomic E-state index is 11.2. The zero-order valence-electron chi connectivity index (χ0n) is 25.0. The van der Waals surface area contributed by atoms with E-state index < -0.39 is 6.10 Å². The molecule has 4 aromatic rings. The predicted molar refractivity (Wildman–Crippen MR) is 170 cm³/mol. The van der Waals surface area contributed by atoms with Gasteiger partial charge in [-0.05, 0) is 59.0 Å². The molecule has 1 fully saturated rings. The molecule has 0 radical (unpaired) electrons. The van der Waals surface area contributed by atoms with Crippen LogP contribution in [0.3, 0.4) is 0 Å². The summed E-state index contributed by atoms with van der Waals surface area (Å²) in [5.41, 5.74) is 6.96. The van der Waals surface area contributed by atoms with Gasteiger partial charge in [0, 0.05) is 68.5 Å². The second-order valence-electron chi connectivity index (χ2n) is 10.9. The Morgan fingerprint density at radius 3 is 1.90 bits per heavy atom. The molecule has 1 atom stereocenters. The third kappa shape index (κ3) is 6.71. The lowest BCUT2D eigenvalue weighted by molar-refractivity contribution is 0.0596. The predicted octanol–water partition coefficient (Wildman–Crippen LogP) is 5.00. The monoisotopic (exact) mass is 569 g/mol. The molecule has 0 spiro atoms. The molecule has 0 saturated carbocycles. The second kappa shape index (κ2) is 14.0. The fraction of sp³-hybridized carbons (Fsp3) is 0.371. The number of hydrogen-bond acceptors (Lipinski definition) is 6. The number of nitrogens with zero attached hydrogens (tertiary/aromatic N) is 3. The van der Waals surface area contributed by atoms with Crippen molar-refractivity contribution in [3.05, 3.63) is 95.7 Å². The van der Waals surface area contributed by atoms with Gasteiger partial charge in [0.2, 0.25) is 0 Å². The number of β-amino-alcohol motifs (C(OH)–C–C–N with tert-alkyl or cyclic N) is 2. The molecular weight excluding hydrogens is 526 g/mol. The minimum Gasteiger partial charge on any atom is -0.497 e. The second-order valence-corrected chi connectivity index (χ2v) is 10.9. The fourth-order valence-corrected chi connectivity index (χ4v) is 6.09. The quantitative estimate of drug-likeness (QED) is 0.250. The van der Waals surface area contributed by atoms with Crippen molar-refractivity contribution in [2.45, 2.75) is 26.0 Å². The van der Waals surface area contributed by atoms with E-state index >= 15 is 0 Å². The van der Waals surface area contributed by atoms with Crippen LogP contribution in [0.15, 0.2) is 79.0 Å². The standard InChI is InChI=1S/C35H43N3O4/c1-4-31(35(26-9-13-29(41-2)14-10-26)27-11-15-30(42-3)16-12-27)33-25-38(34-8-6-5-7-32(33)34)24-28(40)23-37-19-17-36(18-20-37)21-22-39/h5-16,25,28,39-40H,4,17-24H2,1-3H3. The van der Waals surface area contributed by atoms with Gasteiger partial charge in [-0.1, -0.05) is 49.4 Å². The Kier molecular flexibility index (Phi) is 9.97. The smallest absolute Gasteiger partial charge is 0.118 e. The number of aliphatic hydroxyl groups excluding tert-OH is 2. The molecule has 5 rings (SSSR count). The lowest BCUT2D eigenvalue weighted by Gasteiger charge is -2.35. The van der Waals surface area contributed by atoms with E-state index in [0.29, 0.717) is 13.1 Å². The summed E-state index contributed by atoms with van der Waals surface area (Å²) in [5, 5.41) is 21.6. The van der Waals surface area contributed by atoms with Crippen LogP contribution in [0.4, 0.5) is 0 Å². The van der Waals surface area contributed by atoms with Gasteiger partial charge in [-0.15, -0.1) is 0 Å². The van der Waals surface area contributed by atoms with Crippen molar-refractivity contribution in [3.63, 3.8) is 0 Å². The Morgan fingerprint density at radius 2 is 1.36 bits per heavy atom. The van der Waals surface area contributed by atoms with E-state index in [1.165, 1.54) is 22.1 Å². The molecule has 0 bridgehead atoms. The maximum atomic E-state index is 11.2. The van der Waals surface area contributed by atoms with Gasteiger partial charge in [-0.3, -0.25) is 9.80 Å². The number of piperazine rings is 1.